The van der Waals surface area contributed by atoms with E-state index in [0.29, 0.717) is 24.9 Å². The normalized spacial score (nSPS) is 17.2. The number of nitrogens with zero attached hydrogens (tertiary/aromatic N) is 5. The van der Waals surface area contributed by atoms with Gasteiger partial charge in [-0.05, 0) is 67.6 Å². The third-order valence-corrected chi connectivity index (χ3v) is 7.87. The molecule has 1 aliphatic rings. The summed E-state index contributed by atoms with van der Waals surface area (Å²) in [4.78, 5) is 13.9. The van der Waals surface area contributed by atoms with E-state index in [1.54, 1.807) is 22.8 Å². The van der Waals surface area contributed by atoms with Crippen molar-refractivity contribution in [2.75, 3.05) is 0 Å². The highest BCUT2D eigenvalue weighted by Gasteiger charge is 2.41. The van der Waals surface area contributed by atoms with Gasteiger partial charge in [-0.3, -0.25) is 9.36 Å². The van der Waals surface area contributed by atoms with Crippen molar-refractivity contribution in [3.05, 3.63) is 111 Å². The Morgan fingerprint density at radius 2 is 1.84 bits per heavy atom. The van der Waals surface area contributed by atoms with E-state index in [1.165, 1.54) is 24.8 Å². The molecular formula is C28H22Cl2FN5O. The Hall–Kier alpha value is -3.55. The largest absolute Gasteiger partial charge is 0.294 e. The summed E-state index contributed by atoms with van der Waals surface area (Å²) in [6, 6.07) is 14.0. The molecule has 6 rings (SSSR count). The highest BCUT2D eigenvalue weighted by molar-refractivity contribution is 6.40. The number of Topliss-reactive ketones (excluding diaryl/α,β-unsaturated/α-hetero) is 1. The first-order chi connectivity index (χ1) is 17.8. The van der Waals surface area contributed by atoms with Crippen LogP contribution in [0.1, 0.15) is 45.6 Å². The molecule has 1 unspecified atom stereocenters. The molecule has 186 valence electrons. The van der Waals surface area contributed by atoms with Gasteiger partial charge in [-0.2, -0.15) is 5.10 Å². The van der Waals surface area contributed by atoms with Crippen molar-refractivity contribution in [1.29, 1.82) is 0 Å². The molecule has 3 aromatic heterocycles. The summed E-state index contributed by atoms with van der Waals surface area (Å²) in [7, 11) is 0. The van der Waals surface area contributed by atoms with E-state index in [1.807, 2.05) is 23.7 Å². The minimum Gasteiger partial charge on any atom is -0.294 e. The van der Waals surface area contributed by atoms with Gasteiger partial charge >= 0.3 is 0 Å². The van der Waals surface area contributed by atoms with Gasteiger partial charge in [0.25, 0.3) is 0 Å². The number of halogens is 3. The van der Waals surface area contributed by atoms with Crippen LogP contribution in [0.15, 0.2) is 67.4 Å². The Morgan fingerprint density at radius 1 is 1.08 bits per heavy atom. The zero-order chi connectivity index (χ0) is 25.7. The Bertz CT molecular complexity index is 1640. The molecule has 0 amide bonds. The number of carbonyl (C=O) groups is 1. The quantitative estimate of drug-likeness (QED) is 0.246. The van der Waals surface area contributed by atoms with Crippen molar-refractivity contribution in [2.45, 2.75) is 38.0 Å². The Morgan fingerprint density at radius 3 is 2.57 bits per heavy atom. The molecule has 0 aliphatic heterocycles. The first-order valence-corrected chi connectivity index (χ1v) is 12.7. The van der Waals surface area contributed by atoms with Gasteiger partial charge in [0.15, 0.2) is 5.78 Å². The molecule has 6 nitrogen and oxygen atoms in total. The second-order valence-electron chi connectivity index (χ2n) is 9.68. The van der Waals surface area contributed by atoms with Gasteiger partial charge in [-0.25, -0.2) is 8.91 Å². The van der Waals surface area contributed by atoms with Crippen molar-refractivity contribution in [3.63, 3.8) is 0 Å². The SMILES string of the molecule is Cc1ccc2c3c(nn2c1)CCC(CC(=O)c1c(Cl)cc(-n2cnnc2)cc1Cl)(c1cccc(F)c1)C3. The number of hydrogen-bond acceptors (Lipinski definition) is 4. The fourth-order valence-electron chi connectivity index (χ4n) is 5.45. The lowest BCUT2D eigenvalue weighted by atomic mass is 9.65. The molecule has 9 heteroatoms. The van der Waals surface area contributed by atoms with Crippen molar-refractivity contribution in [3.8, 4) is 5.69 Å². The van der Waals surface area contributed by atoms with Crippen LogP contribution in [0.4, 0.5) is 4.39 Å². The summed E-state index contributed by atoms with van der Waals surface area (Å²) >= 11 is 13.2. The van der Waals surface area contributed by atoms with Crippen molar-refractivity contribution < 1.29 is 9.18 Å². The summed E-state index contributed by atoms with van der Waals surface area (Å²) in [6.45, 7) is 2.03. The predicted octanol–water partition coefficient (Wildman–Crippen LogP) is 6.37. The number of aromatic nitrogens is 5. The summed E-state index contributed by atoms with van der Waals surface area (Å²) in [5, 5.41) is 12.9. The van der Waals surface area contributed by atoms with Gasteiger partial charge in [0.05, 0.1) is 32.5 Å². The number of hydrogen-bond donors (Lipinski definition) is 0. The number of pyridine rings is 1. The number of benzene rings is 2. The van der Waals surface area contributed by atoms with E-state index < -0.39 is 5.41 Å². The lowest BCUT2D eigenvalue weighted by Gasteiger charge is -2.37. The lowest BCUT2D eigenvalue weighted by molar-refractivity contribution is 0.0942. The Balaban J connectivity index is 1.42. The van der Waals surface area contributed by atoms with Gasteiger partial charge in [0.1, 0.15) is 18.5 Å². The maximum atomic E-state index is 14.4. The van der Waals surface area contributed by atoms with E-state index in [-0.39, 0.29) is 33.6 Å². The maximum absolute atomic E-state index is 14.4. The highest BCUT2D eigenvalue weighted by Crippen LogP contribution is 2.44. The van der Waals surface area contributed by atoms with Crippen LogP contribution in [0, 0.1) is 12.7 Å². The predicted molar refractivity (Wildman–Crippen MR) is 140 cm³/mol. The molecule has 37 heavy (non-hydrogen) atoms. The molecule has 0 radical (unpaired) electrons. The number of carbonyl (C=O) groups excluding carboxylic acids is 1. The van der Waals surface area contributed by atoms with Crippen LogP contribution in [-0.4, -0.2) is 30.2 Å². The minimum absolute atomic E-state index is 0.129. The summed E-state index contributed by atoms with van der Waals surface area (Å²) in [5.41, 5.74) is 5.27. The molecule has 0 bridgehead atoms. The van der Waals surface area contributed by atoms with Crippen molar-refractivity contribution >= 4 is 34.5 Å². The van der Waals surface area contributed by atoms with E-state index in [0.717, 1.165) is 27.9 Å². The zero-order valence-electron chi connectivity index (χ0n) is 20.0. The van der Waals surface area contributed by atoms with Crippen molar-refractivity contribution in [2.24, 2.45) is 0 Å². The Kier molecular flexibility index (Phi) is 5.85. The molecule has 2 aromatic carbocycles. The number of rotatable bonds is 5. The van der Waals surface area contributed by atoms with Crippen LogP contribution < -0.4 is 0 Å². The van der Waals surface area contributed by atoms with Crippen LogP contribution >= 0.6 is 23.2 Å². The average Bonchev–Trinajstić information content (AvgIpc) is 3.51. The monoisotopic (exact) mass is 533 g/mol. The molecule has 3 heterocycles. The van der Waals surface area contributed by atoms with Crippen LogP contribution in [-0.2, 0) is 18.3 Å². The molecule has 0 spiro atoms. The molecule has 0 saturated carbocycles. The fourth-order valence-corrected chi connectivity index (χ4v) is 6.14. The molecule has 0 fully saturated rings. The van der Waals surface area contributed by atoms with Crippen LogP contribution in [0.2, 0.25) is 10.0 Å². The van der Waals surface area contributed by atoms with Crippen LogP contribution in [0.25, 0.3) is 11.2 Å². The minimum atomic E-state index is -0.639. The number of ketones is 1. The van der Waals surface area contributed by atoms with E-state index in [9.17, 15) is 9.18 Å². The first kappa shape index (κ1) is 23.8. The standard InChI is InChI=1S/C28H22Cl2FN5O/c1-17-5-6-25-21-12-28(18-3-2-4-19(31)9-18,8-7-24(21)34-36(25)14-17)13-26(37)27-22(29)10-20(11-23(27)30)35-15-32-33-16-35/h2-6,9-11,14-16H,7-8,12-13H2,1H3. The van der Waals surface area contributed by atoms with Gasteiger partial charge < -0.3 is 0 Å². The maximum Gasteiger partial charge on any atom is 0.166 e. The number of aryl methyl sites for hydroxylation is 2. The molecule has 1 aliphatic carbocycles. The molecular weight excluding hydrogens is 512 g/mol. The van der Waals surface area contributed by atoms with Crippen LogP contribution in [0.5, 0.6) is 0 Å². The third-order valence-electron chi connectivity index (χ3n) is 7.28. The van der Waals surface area contributed by atoms with E-state index >= 15 is 0 Å². The highest BCUT2D eigenvalue weighted by atomic mass is 35.5. The summed E-state index contributed by atoms with van der Waals surface area (Å²) in [6.07, 6.45) is 7.06. The smallest absolute Gasteiger partial charge is 0.166 e. The zero-order valence-corrected chi connectivity index (χ0v) is 21.5. The second kappa shape index (κ2) is 9.08. The van der Waals surface area contributed by atoms with Gasteiger partial charge in [0, 0.05) is 23.6 Å². The average molecular weight is 534 g/mol. The number of fused-ring (bicyclic) bond motifs is 3. The first-order valence-electron chi connectivity index (χ1n) is 11.9. The third kappa shape index (κ3) is 4.22. The van der Waals surface area contributed by atoms with E-state index in [2.05, 4.69) is 22.3 Å². The second-order valence-corrected chi connectivity index (χ2v) is 10.5. The molecule has 1 atom stereocenters. The lowest BCUT2D eigenvalue weighted by Crippen LogP contribution is -2.36. The Labute approximate surface area is 222 Å². The fraction of sp³-hybridized carbons (Fsp3) is 0.214. The van der Waals surface area contributed by atoms with Gasteiger partial charge in [-0.1, -0.05) is 41.4 Å². The van der Waals surface area contributed by atoms with Crippen molar-refractivity contribution in [1.82, 2.24) is 24.4 Å². The van der Waals surface area contributed by atoms with Crippen LogP contribution in [0.3, 0.4) is 0 Å². The molecule has 0 saturated heterocycles. The molecule has 0 N–H and O–H groups in total. The van der Waals surface area contributed by atoms with Gasteiger partial charge in [0.2, 0.25) is 0 Å². The summed E-state index contributed by atoms with van der Waals surface area (Å²) in [5.74, 6) is -0.523. The topological polar surface area (TPSA) is 65.1 Å². The summed E-state index contributed by atoms with van der Waals surface area (Å²) < 4.78 is 18.0. The van der Waals surface area contributed by atoms with E-state index in [4.69, 9.17) is 28.3 Å². The molecule has 5 aromatic rings. The van der Waals surface area contributed by atoms with Gasteiger partial charge in [-0.15, -0.1) is 10.2 Å².